The maximum Gasteiger partial charge on any atom is 0.305 e. The minimum Gasteiger partial charge on any atom is -0.481 e. The third-order valence-corrected chi connectivity index (χ3v) is 5.15. The van der Waals surface area contributed by atoms with Gasteiger partial charge in [-0.2, -0.15) is 0 Å². The number of methoxy groups -OCH3 is 1. The van der Waals surface area contributed by atoms with Crippen molar-refractivity contribution in [2.24, 2.45) is 0 Å². The van der Waals surface area contributed by atoms with Crippen LogP contribution in [0.2, 0.25) is 0 Å². The Labute approximate surface area is 149 Å². The summed E-state index contributed by atoms with van der Waals surface area (Å²) in [7, 11) is 1.57. The van der Waals surface area contributed by atoms with Crippen molar-refractivity contribution in [3.63, 3.8) is 0 Å². The summed E-state index contributed by atoms with van der Waals surface area (Å²) in [5.41, 5.74) is 1.57. The molecule has 0 saturated heterocycles. The van der Waals surface area contributed by atoms with Gasteiger partial charge in [-0.05, 0) is 35.4 Å². The molecule has 0 saturated carbocycles. The van der Waals surface area contributed by atoms with Crippen molar-refractivity contribution in [3.05, 3.63) is 51.7 Å². The van der Waals surface area contributed by atoms with Crippen molar-refractivity contribution >= 4 is 35.0 Å². The van der Waals surface area contributed by atoms with E-state index in [2.05, 4.69) is 5.32 Å². The van der Waals surface area contributed by atoms with Gasteiger partial charge >= 0.3 is 5.97 Å². The fourth-order valence-corrected chi connectivity index (χ4v) is 3.51. The van der Waals surface area contributed by atoms with Crippen LogP contribution in [-0.4, -0.2) is 30.3 Å². The van der Waals surface area contributed by atoms with Crippen LogP contribution in [0.3, 0.4) is 0 Å². The average molecular weight is 365 g/mol. The monoisotopic (exact) mass is 365 g/mol. The van der Waals surface area contributed by atoms with E-state index in [1.54, 1.807) is 18.9 Å². The number of thioether (sulfide) groups is 1. The summed E-state index contributed by atoms with van der Waals surface area (Å²) >= 11 is 2.92. The van der Waals surface area contributed by atoms with Crippen molar-refractivity contribution < 1.29 is 19.4 Å². The molecule has 1 heterocycles. The smallest absolute Gasteiger partial charge is 0.305 e. The first-order valence-corrected chi connectivity index (χ1v) is 9.37. The van der Waals surface area contributed by atoms with Gasteiger partial charge in [0.05, 0.1) is 23.9 Å². The second kappa shape index (κ2) is 8.86. The molecule has 0 aliphatic heterocycles. The molecule has 5 nitrogen and oxygen atoms in total. The number of hydrogen-bond donors (Lipinski definition) is 2. The molecule has 2 rings (SSSR count). The molecule has 24 heavy (non-hydrogen) atoms. The molecular weight excluding hydrogens is 346 g/mol. The number of carboxylic acids is 1. The van der Waals surface area contributed by atoms with Crippen LogP contribution in [0.4, 0.5) is 0 Å². The third kappa shape index (κ3) is 4.83. The number of ether oxygens (including phenoxy) is 1. The Morgan fingerprint density at radius 2 is 2.00 bits per heavy atom. The summed E-state index contributed by atoms with van der Waals surface area (Å²) in [4.78, 5) is 25.3. The van der Waals surface area contributed by atoms with Gasteiger partial charge in [-0.15, -0.1) is 23.1 Å². The van der Waals surface area contributed by atoms with E-state index in [9.17, 15) is 9.59 Å². The number of rotatable bonds is 8. The largest absolute Gasteiger partial charge is 0.481 e. The van der Waals surface area contributed by atoms with Crippen molar-refractivity contribution in [1.82, 2.24) is 5.32 Å². The summed E-state index contributed by atoms with van der Waals surface area (Å²) in [5, 5.41) is 13.8. The zero-order valence-corrected chi connectivity index (χ0v) is 15.1. The minimum atomic E-state index is -0.961. The van der Waals surface area contributed by atoms with Crippen LogP contribution in [0.5, 0.6) is 0 Å². The molecule has 2 aromatic rings. The molecule has 1 aromatic heterocycles. The molecule has 1 unspecified atom stereocenters. The second-order valence-electron chi connectivity index (χ2n) is 5.11. The lowest BCUT2D eigenvalue weighted by molar-refractivity contribution is -0.137. The minimum absolute atomic E-state index is 0.171. The SMILES string of the molecule is COCc1ccsc1C(=O)NC(CC(=O)O)c1ccc(SC)cc1. The predicted octanol–water partition coefficient (Wildman–Crippen LogP) is 3.56. The normalized spacial score (nSPS) is 11.9. The molecule has 2 N–H and O–H groups in total. The number of aliphatic carboxylic acids is 1. The number of nitrogens with one attached hydrogen (secondary N) is 1. The highest BCUT2D eigenvalue weighted by Gasteiger charge is 2.21. The van der Waals surface area contributed by atoms with Crippen LogP contribution >= 0.6 is 23.1 Å². The van der Waals surface area contributed by atoms with Gasteiger partial charge in [0.15, 0.2) is 0 Å². The van der Waals surface area contributed by atoms with E-state index in [0.717, 1.165) is 16.0 Å². The van der Waals surface area contributed by atoms with Crippen LogP contribution in [-0.2, 0) is 16.1 Å². The molecule has 0 fully saturated rings. The van der Waals surface area contributed by atoms with Crippen molar-refractivity contribution in [3.8, 4) is 0 Å². The molecule has 1 aromatic carbocycles. The zero-order chi connectivity index (χ0) is 17.5. The third-order valence-electron chi connectivity index (χ3n) is 3.46. The van der Waals surface area contributed by atoms with E-state index in [1.165, 1.54) is 11.3 Å². The van der Waals surface area contributed by atoms with E-state index in [1.807, 2.05) is 42.0 Å². The van der Waals surface area contributed by atoms with Crippen LogP contribution in [0.15, 0.2) is 40.6 Å². The number of amides is 1. The molecular formula is C17H19NO4S2. The molecule has 1 atom stereocenters. The van der Waals surface area contributed by atoms with E-state index >= 15 is 0 Å². The lowest BCUT2D eigenvalue weighted by atomic mass is 10.0. The van der Waals surface area contributed by atoms with Crippen molar-refractivity contribution in [1.29, 1.82) is 0 Å². The van der Waals surface area contributed by atoms with E-state index in [4.69, 9.17) is 9.84 Å². The summed E-state index contributed by atoms with van der Waals surface area (Å²) < 4.78 is 5.09. The molecule has 0 aliphatic rings. The standard InChI is InChI=1S/C17H19NO4S2/c1-22-10-12-7-8-24-16(12)17(21)18-14(9-15(19)20)11-3-5-13(23-2)6-4-11/h3-8,14H,9-10H2,1-2H3,(H,18,21)(H,19,20). The summed E-state index contributed by atoms with van der Waals surface area (Å²) in [5.74, 6) is -1.24. The topological polar surface area (TPSA) is 75.6 Å². The Hall–Kier alpha value is -1.83. The quantitative estimate of drug-likeness (QED) is 0.700. The van der Waals surface area contributed by atoms with Crippen LogP contribution in [0.1, 0.15) is 33.3 Å². The molecule has 128 valence electrons. The first-order valence-electron chi connectivity index (χ1n) is 7.27. The highest BCUT2D eigenvalue weighted by atomic mass is 32.2. The van der Waals surface area contributed by atoms with Crippen LogP contribution in [0.25, 0.3) is 0 Å². The molecule has 7 heteroatoms. The zero-order valence-electron chi connectivity index (χ0n) is 13.4. The van der Waals surface area contributed by atoms with Gasteiger partial charge in [0.2, 0.25) is 0 Å². The van der Waals surface area contributed by atoms with Crippen LogP contribution in [0, 0.1) is 0 Å². The Bertz CT molecular complexity index is 697. The lowest BCUT2D eigenvalue weighted by Gasteiger charge is -2.18. The maximum atomic E-state index is 12.5. The van der Waals surface area contributed by atoms with Gasteiger partial charge in [0.25, 0.3) is 5.91 Å². The predicted molar refractivity (Wildman–Crippen MR) is 95.7 cm³/mol. The number of carbonyl (C=O) groups is 2. The number of hydrogen-bond acceptors (Lipinski definition) is 5. The fraction of sp³-hybridized carbons (Fsp3) is 0.294. The van der Waals surface area contributed by atoms with E-state index in [-0.39, 0.29) is 12.3 Å². The Kier molecular flexibility index (Phi) is 6.84. The summed E-state index contributed by atoms with van der Waals surface area (Å²) in [6.07, 6.45) is 1.80. The number of benzene rings is 1. The molecule has 0 aliphatic carbocycles. The first kappa shape index (κ1) is 18.5. The molecule has 0 bridgehead atoms. The fourth-order valence-electron chi connectivity index (χ4n) is 2.29. The van der Waals surface area contributed by atoms with E-state index in [0.29, 0.717) is 11.5 Å². The Morgan fingerprint density at radius 1 is 1.29 bits per heavy atom. The van der Waals surface area contributed by atoms with Gasteiger partial charge in [-0.25, -0.2) is 0 Å². The summed E-state index contributed by atoms with van der Waals surface area (Å²) in [6, 6.07) is 8.80. The van der Waals surface area contributed by atoms with E-state index < -0.39 is 12.0 Å². The Balaban J connectivity index is 2.19. The molecule has 0 spiro atoms. The lowest BCUT2D eigenvalue weighted by Crippen LogP contribution is -2.30. The van der Waals surface area contributed by atoms with Crippen molar-refractivity contribution in [2.45, 2.75) is 24.0 Å². The maximum absolute atomic E-state index is 12.5. The number of thiophene rings is 1. The van der Waals surface area contributed by atoms with Gasteiger partial charge < -0.3 is 15.2 Å². The highest BCUT2D eigenvalue weighted by Crippen LogP contribution is 2.24. The first-order chi connectivity index (χ1) is 11.5. The summed E-state index contributed by atoms with van der Waals surface area (Å²) in [6.45, 7) is 0.346. The number of carboxylic acid groups (broad SMARTS) is 1. The Morgan fingerprint density at radius 3 is 2.58 bits per heavy atom. The van der Waals surface area contributed by atoms with Gasteiger partial charge in [-0.1, -0.05) is 12.1 Å². The second-order valence-corrected chi connectivity index (χ2v) is 6.90. The average Bonchev–Trinajstić information content (AvgIpc) is 3.02. The van der Waals surface area contributed by atoms with Gasteiger partial charge in [0, 0.05) is 17.6 Å². The molecule has 1 amide bonds. The van der Waals surface area contributed by atoms with Crippen molar-refractivity contribution in [2.75, 3.05) is 13.4 Å². The van der Waals surface area contributed by atoms with Crippen LogP contribution < -0.4 is 5.32 Å². The molecule has 0 radical (unpaired) electrons. The van der Waals surface area contributed by atoms with Gasteiger partial charge in [0.1, 0.15) is 0 Å². The number of carbonyl (C=O) groups excluding carboxylic acids is 1. The van der Waals surface area contributed by atoms with Gasteiger partial charge in [-0.3, -0.25) is 9.59 Å². The highest BCUT2D eigenvalue weighted by molar-refractivity contribution is 7.98.